The number of fused-ring (bicyclic) bond motifs is 1. The number of aromatic nitrogens is 1. The standard InChI is InChI=1S/C27H27BrN2O3S/c1-3-32-23-14-11-19(17-24(23)33-4-2)27(31)29-15-16-34-26-21-7-5-6-8-22(21)30-25(26)18-9-12-20(28)13-10-18/h5-14,17,30H,3-4,15-16H2,1-2H3,(H,29,31). The summed E-state index contributed by atoms with van der Waals surface area (Å²) in [5.41, 5.74) is 3.88. The normalized spacial score (nSPS) is 10.9. The SMILES string of the molecule is CCOc1ccc(C(=O)NCCSc2c(-c3ccc(Br)cc3)[nH]c3ccccc23)cc1OCC. The third kappa shape index (κ3) is 5.59. The number of thioether (sulfide) groups is 1. The van der Waals surface area contributed by atoms with Crippen LogP contribution >= 0.6 is 27.7 Å². The molecule has 0 saturated carbocycles. The highest BCUT2D eigenvalue weighted by Crippen LogP contribution is 2.38. The first-order valence-corrected chi connectivity index (χ1v) is 13.1. The van der Waals surface area contributed by atoms with Crippen LogP contribution in [0.1, 0.15) is 24.2 Å². The predicted octanol–water partition coefficient (Wildman–Crippen LogP) is 6.92. The minimum atomic E-state index is -0.128. The summed E-state index contributed by atoms with van der Waals surface area (Å²) in [4.78, 5) is 17.5. The van der Waals surface area contributed by atoms with Crippen LogP contribution in [0.2, 0.25) is 0 Å². The van der Waals surface area contributed by atoms with Crippen molar-refractivity contribution in [2.24, 2.45) is 0 Å². The van der Waals surface area contributed by atoms with Crippen molar-refractivity contribution in [2.75, 3.05) is 25.5 Å². The molecule has 1 heterocycles. The third-order valence-electron chi connectivity index (χ3n) is 5.23. The summed E-state index contributed by atoms with van der Waals surface area (Å²) in [7, 11) is 0. The van der Waals surface area contributed by atoms with Crippen molar-refractivity contribution < 1.29 is 14.3 Å². The van der Waals surface area contributed by atoms with Crippen LogP contribution in [0.15, 0.2) is 76.1 Å². The number of hydrogen-bond donors (Lipinski definition) is 2. The Labute approximate surface area is 212 Å². The largest absolute Gasteiger partial charge is 0.490 e. The van der Waals surface area contributed by atoms with Gasteiger partial charge in [0.1, 0.15) is 0 Å². The van der Waals surface area contributed by atoms with Crippen LogP contribution in [0.5, 0.6) is 11.5 Å². The van der Waals surface area contributed by atoms with Crippen LogP contribution in [-0.2, 0) is 0 Å². The molecule has 0 saturated heterocycles. The van der Waals surface area contributed by atoms with Crippen LogP contribution in [0.3, 0.4) is 0 Å². The van der Waals surface area contributed by atoms with Crippen molar-refractivity contribution in [3.63, 3.8) is 0 Å². The molecular weight excluding hydrogens is 512 g/mol. The summed E-state index contributed by atoms with van der Waals surface area (Å²) in [5.74, 6) is 1.85. The smallest absolute Gasteiger partial charge is 0.251 e. The van der Waals surface area contributed by atoms with Gasteiger partial charge in [0.2, 0.25) is 0 Å². The third-order valence-corrected chi connectivity index (χ3v) is 6.88. The van der Waals surface area contributed by atoms with Crippen molar-refractivity contribution >= 4 is 44.5 Å². The maximum atomic E-state index is 12.7. The van der Waals surface area contributed by atoms with Crippen molar-refractivity contribution in [1.29, 1.82) is 0 Å². The predicted molar refractivity (Wildman–Crippen MR) is 143 cm³/mol. The highest BCUT2D eigenvalue weighted by Gasteiger charge is 2.15. The Morgan fingerprint density at radius 1 is 0.971 bits per heavy atom. The molecule has 0 atom stereocenters. The minimum Gasteiger partial charge on any atom is -0.490 e. The second kappa shape index (κ2) is 11.5. The van der Waals surface area contributed by atoms with Gasteiger partial charge in [-0.2, -0.15) is 0 Å². The zero-order valence-corrected chi connectivity index (χ0v) is 21.6. The Bertz CT molecular complexity index is 1270. The van der Waals surface area contributed by atoms with Gasteiger partial charge in [-0.15, -0.1) is 11.8 Å². The van der Waals surface area contributed by atoms with E-state index in [-0.39, 0.29) is 5.91 Å². The van der Waals surface area contributed by atoms with Gasteiger partial charge in [-0.1, -0.05) is 46.3 Å². The lowest BCUT2D eigenvalue weighted by molar-refractivity contribution is 0.0955. The molecule has 2 N–H and O–H groups in total. The van der Waals surface area contributed by atoms with Crippen LogP contribution in [0, 0.1) is 0 Å². The average Bonchev–Trinajstić information content (AvgIpc) is 3.22. The summed E-state index contributed by atoms with van der Waals surface area (Å²) >= 11 is 5.25. The van der Waals surface area contributed by atoms with Gasteiger partial charge >= 0.3 is 0 Å². The van der Waals surface area contributed by atoms with E-state index in [1.165, 1.54) is 10.3 Å². The molecule has 0 spiro atoms. The van der Waals surface area contributed by atoms with Crippen molar-refractivity contribution in [3.8, 4) is 22.8 Å². The Morgan fingerprint density at radius 2 is 1.71 bits per heavy atom. The maximum Gasteiger partial charge on any atom is 0.251 e. The molecule has 34 heavy (non-hydrogen) atoms. The van der Waals surface area contributed by atoms with Crippen LogP contribution < -0.4 is 14.8 Å². The molecule has 0 unspecified atom stereocenters. The van der Waals surface area contributed by atoms with E-state index in [4.69, 9.17) is 9.47 Å². The summed E-state index contributed by atoms with van der Waals surface area (Å²) in [6.07, 6.45) is 0. The highest BCUT2D eigenvalue weighted by molar-refractivity contribution is 9.10. The molecule has 1 amide bonds. The zero-order valence-electron chi connectivity index (χ0n) is 19.2. The summed E-state index contributed by atoms with van der Waals surface area (Å²) in [6, 6.07) is 21.9. The van der Waals surface area contributed by atoms with E-state index in [9.17, 15) is 4.79 Å². The van der Waals surface area contributed by atoms with Crippen LogP contribution in [0.4, 0.5) is 0 Å². The number of nitrogens with one attached hydrogen (secondary N) is 2. The molecule has 0 aliphatic rings. The van der Waals surface area contributed by atoms with E-state index < -0.39 is 0 Å². The molecule has 0 aliphatic carbocycles. The monoisotopic (exact) mass is 538 g/mol. The van der Waals surface area contributed by atoms with E-state index in [2.05, 4.69) is 56.6 Å². The Hall–Kier alpha value is -2.90. The van der Waals surface area contributed by atoms with Gasteiger partial charge in [0.25, 0.3) is 5.91 Å². The van der Waals surface area contributed by atoms with Gasteiger partial charge in [0.05, 0.1) is 18.9 Å². The van der Waals surface area contributed by atoms with Crippen molar-refractivity contribution in [1.82, 2.24) is 10.3 Å². The van der Waals surface area contributed by atoms with E-state index in [1.54, 1.807) is 30.0 Å². The first kappa shape index (κ1) is 24.2. The number of H-pyrrole nitrogens is 1. The van der Waals surface area contributed by atoms with E-state index in [0.717, 1.165) is 27.0 Å². The molecule has 7 heteroatoms. The zero-order chi connectivity index (χ0) is 23.9. The Kier molecular flexibility index (Phi) is 8.19. The van der Waals surface area contributed by atoms with Crippen molar-refractivity contribution in [2.45, 2.75) is 18.7 Å². The van der Waals surface area contributed by atoms with Gasteiger partial charge in [-0.3, -0.25) is 4.79 Å². The summed E-state index contributed by atoms with van der Waals surface area (Å²) < 4.78 is 12.3. The van der Waals surface area contributed by atoms with Gasteiger partial charge < -0.3 is 19.8 Å². The first-order valence-electron chi connectivity index (χ1n) is 11.3. The molecule has 176 valence electrons. The number of amides is 1. The quantitative estimate of drug-likeness (QED) is 0.170. The Balaban J connectivity index is 1.44. The molecule has 0 fully saturated rings. The number of hydrogen-bond acceptors (Lipinski definition) is 4. The van der Waals surface area contributed by atoms with Gasteiger partial charge in [0, 0.05) is 38.1 Å². The molecule has 0 bridgehead atoms. The fraction of sp³-hybridized carbons (Fsp3) is 0.222. The van der Waals surface area contributed by atoms with Gasteiger partial charge in [-0.05, 0) is 55.8 Å². The molecule has 4 rings (SSSR count). The summed E-state index contributed by atoms with van der Waals surface area (Å²) in [5, 5.41) is 4.21. The number of carbonyl (C=O) groups excluding carboxylic acids is 1. The Morgan fingerprint density at radius 3 is 2.47 bits per heavy atom. The first-order chi connectivity index (χ1) is 16.6. The van der Waals surface area contributed by atoms with E-state index in [1.807, 2.05) is 32.0 Å². The second-order valence-electron chi connectivity index (χ2n) is 7.51. The lowest BCUT2D eigenvalue weighted by atomic mass is 10.1. The number of rotatable bonds is 10. The van der Waals surface area contributed by atoms with E-state index >= 15 is 0 Å². The number of ether oxygens (including phenoxy) is 2. The lowest BCUT2D eigenvalue weighted by Gasteiger charge is -2.12. The van der Waals surface area contributed by atoms with E-state index in [0.29, 0.717) is 36.8 Å². The number of carbonyl (C=O) groups is 1. The number of halogens is 1. The second-order valence-corrected chi connectivity index (χ2v) is 9.53. The highest BCUT2D eigenvalue weighted by atomic mass is 79.9. The fourth-order valence-corrected chi connectivity index (χ4v) is 5.02. The topological polar surface area (TPSA) is 63.3 Å². The number of aromatic amines is 1. The minimum absolute atomic E-state index is 0.128. The van der Waals surface area contributed by atoms with Gasteiger partial charge in [0.15, 0.2) is 11.5 Å². The molecule has 0 radical (unpaired) electrons. The van der Waals surface area contributed by atoms with Gasteiger partial charge in [-0.25, -0.2) is 0 Å². The lowest BCUT2D eigenvalue weighted by Crippen LogP contribution is -2.25. The fourth-order valence-electron chi connectivity index (χ4n) is 3.70. The molecule has 0 aliphatic heterocycles. The molecular formula is C27H27BrN2O3S. The number of para-hydroxylation sites is 1. The molecule has 3 aromatic carbocycles. The average molecular weight is 539 g/mol. The van der Waals surface area contributed by atoms with Crippen LogP contribution in [-0.4, -0.2) is 36.4 Å². The van der Waals surface area contributed by atoms with Crippen LogP contribution in [0.25, 0.3) is 22.2 Å². The molecule has 1 aromatic heterocycles. The van der Waals surface area contributed by atoms with Crippen molar-refractivity contribution in [3.05, 3.63) is 76.8 Å². The number of benzene rings is 3. The molecule has 5 nitrogen and oxygen atoms in total. The molecule has 4 aromatic rings. The maximum absolute atomic E-state index is 12.7. The summed E-state index contributed by atoms with van der Waals surface area (Å²) in [6.45, 7) is 5.42.